The lowest BCUT2D eigenvalue weighted by Gasteiger charge is -2.09. The summed E-state index contributed by atoms with van der Waals surface area (Å²) < 4.78 is 0. The van der Waals surface area contributed by atoms with Crippen LogP contribution in [-0.4, -0.2) is 5.91 Å². The van der Waals surface area contributed by atoms with Crippen LogP contribution in [-0.2, 0) is 4.79 Å². The molecule has 11 heavy (non-hydrogen) atoms. The molecule has 1 amide bonds. The number of nitrogens with one attached hydrogen (secondary N) is 1. The minimum absolute atomic E-state index is 0.378. The van der Waals surface area contributed by atoms with Crippen molar-refractivity contribution in [3.8, 4) is 0 Å². The lowest BCUT2D eigenvalue weighted by molar-refractivity contribution is -0.119. The molecule has 0 unspecified atom stereocenters. The summed E-state index contributed by atoms with van der Waals surface area (Å²) in [6.45, 7) is 0. The van der Waals surface area contributed by atoms with Crippen LogP contribution in [0, 0.1) is 5.92 Å². The lowest BCUT2D eigenvalue weighted by Crippen LogP contribution is -2.07. The molecule has 0 saturated heterocycles. The van der Waals surface area contributed by atoms with Gasteiger partial charge in [-0.15, -0.1) is 0 Å². The fourth-order valence-electron chi connectivity index (χ4n) is 1.83. The van der Waals surface area contributed by atoms with Crippen LogP contribution in [0.5, 0.6) is 0 Å². The van der Waals surface area contributed by atoms with Crippen LogP contribution >= 0.6 is 0 Å². The van der Waals surface area contributed by atoms with Gasteiger partial charge in [-0.25, -0.2) is 0 Å². The van der Waals surface area contributed by atoms with Crippen LogP contribution in [0.15, 0.2) is 0 Å². The van der Waals surface area contributed by atoms with Gasteiger partial charge < -0.3 is 0 Å². The third-order valence-electron chi connectivity index (χ3n) is 2.45. The van der Waals surface area contributed by atoms with Gasteiger partial charge >= 0.3 is 0 Å². The predicted molar refractivity (Wildman–Crippen MR) is 43.9 cm³/mol. The first-order valence-electron chi connectivity index (χ1n) is 4.53. The molecule has 0 heterocycles. The highest BCUT2D eigenvalue weighted by atomic mass is 16.1. The van der Waals surface area contributed by atoms with Crippen molar-refractivity contribution >= 4 is 5.91 Å². The fraction of sp³-hybridized carbons (Fsp3) is 0.889. The molecule has 1 saturated carbocycles. The summed E-state index contributed by atoms with van der Waals surface area (Å²) in [6, 6.07) is 0. The molecule has 1 rings (SSSR count). The van der Waals surface area contributed by atoms with Gasteiger partial charge in [0, 0.05) is 6.42 Å². The molecule has 1 aliphatic carbocycles. The number of hydrogen-bond acceptors (Lipinski definition) is 1. The van der Waals surface area contributed by atoms with E-state index in [9.17, 15) is 4.79 Å². The second-order valence-electron chi connectivity index (χ2n) is 3.48. The molecule has 1 fully saturated rings. The lowest BCUT2D eigenvalue weighted by atomic mass is 9.96. The number of carbonyl (C=O) groups excluding carboxylic acids is 1. The standard InChI is InChI=1S/C9H16NO/c10-9(11)7-8-5-3-1-2-4-6-8/h8,10H,1-7H2. The summed E-state index contributed by atoms with van der Waals surface area (Å²) >= 11 is 0. The maximum Gasteiger partial charge on any atom is 0.238 e. The predicted octanol–water partition coefficient (Wildman–Crippen LogP) is 2.16. The van der Waals surface area contributed by atoms with E-state index < -0.39 is 0 Å². The topological polar surface area (TPSA) is 40.9 Å². The van der Waals surface area contributed by atoms with Crippen LogP contribution in [0.3, 0.4) is 0 Å². The molecule has 1 radical (unpaired) electrons. The summed E-state index contributed by atoms with van der Waals surface area (Å²) in [5.41, 5.74) is 6.85. The van der Waals surface area contributed by atoms with Gasteiger partial charge in [0.05, 0.1) is 0 Å². The van der Waals surface area contributed by atoms with Gasteiger partial charge in [-0.05, 0) is 18.8 Å². The van der Waals surface area contributed by atoms with E-state index in [2.05, 4.69) is 0 Å². The van der Waals surface area contributed by atoms with Crippen molar-refractivity contribution < 1.29 is 4.79 Å². The number of hydrogen-bond donors (Lipinski definition) is 0. The van der Waals surface area contributed by atoms with Gasteiger partial charge in [0.25, 0.3) is 0 Å². The van der Waals surface area contributed by atoms with Crippen molar-refractivity contribution in [3.05, 3.63) is 0 Å². The SMILES string of the molecule is [NH]C(=O)CC1CCCCCC1. The number of rotatable bonds is 2. The van der Waals surface area contributed by atoms with Crippen molar-refractivity contribution in [2.75, 3.05) is 0 Å². The van der Waals surface area contributed by atoms with Crippen molar-refractivity contribution in [2.24, 2.45) is 5.92 Å². The summed E-state index contributed by atoms with van der Waals surface area (Å²) in [5.74, 6) is 0.152. The van der Waals surface area contributed by atoms with Gasteiger partial charge in [0.2, 0.25) is 5.91 Å². The second-order valence-corrected chi connectivity index (χ2v) is 3.48. The third kappa shape index (κ3) is 3.40. The monoisotopic (exact) mass is 154 g/mol. The molecule has 0 aromatic heterocycles. The first-order valence-corrected chi connectivity index (χ1v) is 4.53. The van der Waals surface area contributed by atoms with E-state index in [0.29, 0.717) is 12.3 Å². The molecule has 0 bridgehead atoms. The van der Waals surface area contributed by atoms with Crippen molar-refractivity contribution in [2.45, 2.75) is 44.9 Å². The van der Waals surface area contributed by atoms with E-state index in [1.165, 1.54) is 38.5 Å². The molecule has 2 nitrogen and oxygen atoms in total. The van der Waals surface area contributed by atoms with Crippen molar-refractivity contribution in [1.82, 2.24) is 5.73 Å². The summed E-state index contributed by atoms with van der Waals surface area (Å²) in [7, 11) is 0. The normalized spacial score (nSPS) is 21.1. The summed E-state index contributed by atoms with van der Waals surface area (Å²) in [4.78, 5) is 10.5. The van der Waals surface area contributed by atoms with Crippen molar-refractivity contribution in [3.63, 3.8) is 0 Å². The molecule has 1 N–H and O–H groups in total. The molecule has 0 atom stereocenters. The highest BCUT2D eigenvalue weighted by molar-refractivity contribution is 5.73. The Morgan fingerprint density at radius 1 is 1.18 bits per heavy atom. The maximum absolute atomic E-state index is 10.5. The molecule has 63 valence electrons. The number of carbonyl (C=O) groups is 1. The number of amides is 1. The summed E-state index contributed by atoms with van der Waals surface area (Å²) in [5, 5.41) is 0. The third-order valence-corrected chi connectivity index (χ3v) is 2.45. The Morgan fingerprint density at radius 2 is 1.73 bits per heavy atom. The Labute approximate surface area is 68.2 Å². The fourth-order valence-corrected chi connectivity index (χ4v) is 1.83. The van der Waals surface area contributed by atoms with Gasteiger partial charge in [0.1, 0.15) is 0 Å². The van der Waals surface area contributed by atoms with E-state index in [1.807, 2.05) is 0 Å². The van der Waals surface area contributed by atoms with Gasteiger partial charge in [0.15, 0.2) is 0 Å². The zero-order valence-corrected chi connectivity index (χ0v) is 6.94. The molecule has 1 aliphatic rings. The van der Waals surface area contributed by atoms with E-state index in [-0.39, 0.29) is 5.91 Å². The average molecular weight is 154 g/mol. The van der Waals surface area contributed by atoms with Gasteiger partial charge in [-0.3, -0.25) is 10.5 Å². The maximum atomic E-state index is 10.5. The highest BCUT2D eigenvalue weighted by Gasteiger charge is 2.14. The van der Waals surface area contributed by atoms with E-state index in [0.717, 1.165) is 0 Å². The highest BCUT2D eigenvalue weighted by Crippen LogP contribution is 2.24. The van der Waals surface area contributed by atoms with Crippen molar-refractivity contribution in [1.29, 1.82) is 0 Å². The van der Waals surface area contributed by atoms with Gasteiger partial charge in [-0.2, -0.15) is 0 Å². The largest absolute Gasteiger partial charge is 0.273 e. The Kier molecular flexibility index (Phi) is 3.40. The van der Waals surface area contributed by atoms with Crippen LogP contribution in [0.1, 0.15) is 44.9 Å². The first kappa shape index (κ1) is 8.57. The van der Waals surface area contributed by atoms with E-state index in [4.69, 9.17) is 5.73 Å². The minimum atomic E-state index is -0.378. The van der Waals surface area contributed by atoms with E-state index >= 15 is 0 Å². The molecule has 0 aromatic carbocycles. The second kappa shape index (κ2) is 4.37. The minimum Gasteiger partial charge on any atom is -0.273 e. The molecule has 0 spiro atoms. The van der Waals surface area contributed by atoms with Crippen LogP contribution in [0.4, 0.5) is 0 Å². The zero-order chi connectivity index (χ0) is 8.10. The molecular weight excluding hydrogens is 138 g/mol. The molecular formula is C9H16NO. The Morgan fingerprint density at radius 3 is 2.18 bits per heavy atom. The first-order chi connectivity index (χ1) is 5.29. The van der Waals surface area contributed by atoms with Crippen LogP contribution < -0.4 is 5.73 Å². The Balaban J connectivity index is 2.25. The molecule has 0 aromatic rings. The van der Waals surface area contributed by atoms with E-state index in [1.54, 1.807) is 0 Å². The van der Waals surface area contributed by atoms with Gasteiger partial charge in [-0.1, -0.05) is 25.7 Å². The van der Waals surface area contributed by atoms with Crippen LogP contribution in [0.2, 0.25) is 0 Å². The Hall–Kier alpha value is -0.530. The zero-order valence-electron chi connectivity index (χ0n) is 6.94. The Bertz CT molecular complexity index is 126. The molecule has 2 heteroatoms. The average Bonchev–Trinajstić information content (AvgIpc) is 2.14. The quantitative estimate of drug-likeness (QED) is 0.562. The molecule has 0 aliphatic heterocycles. The summed E-state index contributed by atoms with van der Waals surface area (Å²) in [6.07, 6.45) is 8.01. The van der Waals surface area contributed by atoms with Crippen LogP contribution in [0.25, 0.3) is 0 Å². The smallest absolute Gasteiger partial charge is 0.238 e.